The second-order valence-electron chi connectivity index (χ2n) is 6.16. The van der Waals surface area contributed by atoms with Crippen molar-refractivity contribution < 1.29 is 9.32 Å². The first-order chi connectivity index (χ1) is 11.2. The van der Waals surface area contributed by atoms with Crippen LogP contribution in [0.2, 0.25) is 0 Å². The lowest BCUT2D eigenvalue weighted by atomic mass is 10.2. The van der Waals surface area contributed by atoms with Gasteiger partial charge in [-0.3, -0.25) is 14.6 Å². The molecule has 4 rings (SSSR count). The summed E-state index contributed by atoms with van der Waals surface area (Å²) in [5, 5.41) is 6.74. The van der Waals surface area contributed by atoms with Gasteiger partial charge in [-0.1, -0.05) is 5.16 Å². The number of hydrogen-bond donors (Lipinski definition) is 0. The van der Waals surface area contributed by atoms with Crippen LogP contribution in [0.1, 0.15) is 49.4 Å². The summed E-state index contributed by atoms with van der Waals surface area (Å²) >= 11 is 1.46. The van der Waals surface area contributed by atoms with Crippen molar-refractivity contribution in [3.8, 4) is 0 Å². The molecule has 1 unspecified atom stereocenters. The van der Waals surface area contributed by atoms with E-state index in [0.717, 1.165) is 49.1 Å². The third-order valence-corrected chi connectivity index (χ3v) is 5.31. The number of carbonyl (C=O) groups is 1. The number of rotatable bonds is 5. The number of anilines is 1. The zero-order chi connectivity index (χ0) is 15.8. The fraction of sp³-hybridized carbons (Fsp3) is 0.600. The monoisotopic (exact) mass is 333 g/mol. The van der Waals surface area contributed by atoms with Crippen LogP contribution >= 0.6 is 11.3 Å². The molecule has 122 valence electrons. The van der Waals surface area contributed by atoms with Crippen LogP contribution in [0.5, 0.6) is 0 Å². The SMILES string of the molecule is CN(C(=O)CN1CCCC1c1noc(C2CC2)n1)c1nccs1. The molecule has 2 aromatic rings. The summed E-state index contributed by atoms with van der Waals surface area (Å²) in [4.78, 5) is 25.0. The molecule has 2 aliphatic rings. The van der Waals surface area contributed by atoms with Crippen molar-refractivity contribution in [3.63, 3.8) is 0 Å². The van der Waals surface area contributed by atoms with Gasteiger partial charge in [0.15, 0.2) is 11.0 Å². The second kappa shape index (κ2) is 6.01. The Bertz CT molecular complexity index is 682. The molecule has 2 fully saturated rings. The van der Waals surface area contributed by atoms with E-state index in [0.29, 0.717) is 12.5 Å². The van der Waals surface area contributed by atoms with E-state index in [9.17, 15) is 4.79 Å². The Morgan fingerprint density at radius 3 is 3.09 bits per heavy atom. The van der Waals surface area contributed by atoms with E-state index in [-0.39, 0.29) is 11.9 Å². The largest absolute Gasteiger partial charge is 0.339 e. The van der Waals surface area contributed by atoms with Crippen molar-refractivity contribution >= 4 is 22.4 Å². The molecule has 3 heterocycles. The molecular formula is C15H19N5O2S. The van der Waals surface area contributed by atoms with E-state index in [2.05, 4.69) is 20.0 Å². The molecule has 0 spiro atoms. The lowest BCUT2D eigenvalue weighted by molar-refractivity contribution is -0.119. The molecule has 0 aromatic carbocycles. The summed E-state index contributed by atoms with van der Waals surface area (Å²) in [6.45, 7) is 1.24. The molecule has 2 aromatic heterocycles. The molecule has 1 aliphatic heterocycles. The average molecular weight is 333 g/mol. The summed E-state index contributed by atoms with van der Waals surface area (Å²) in [6, 6.07) is 0.0832. The van der Waals surface area contributed by atoms with Crippen LogP contribution in [0.4, 0.5) is 5.13 Å². The highest BCUT2D eigenvalue weighted by molar-refractivity contribution is 7.13. The maximum atomic E-state index is 12.5. The first-order valence-electron chi connectivity index (χ1n) is 7.96. The van der Waals surface area contributed by atoms with Gasteiger partial charge in [0.1, 0.15) is 0 Å². The molecule has 23 heavy (non-hydrogen) atoms. The first-order valence-corrected chi connectivity index (χ1v) is 8.84. The van der Waals surface area contributed by atoms with Gasteiger partial charge in [-0.15, -0.1) is 11.3 Å². The van der Waals surface area contributed by atoms with Crippen molar-refractivity contribution in [2.24, 2.45) is 0 Å². The standard InChI is InChI=1S/C15H19N5O2S/c1-19(15-16-6-8-23-15)12(21)9-20-7-2-3-11(20)13-17-14(22-18-13)10-4-5-10/h6,8,10-11H,2-5,7,9H2,1H3. The van der Waals surface area contributed by atoms with Crippen molar-refractivity contribution in [3.05, 3.63) is 23.3 Å². The third-order valence-electron chi connectivity index (χ3n) is 4.46. The molecule has 1 aliphatic carbocycles. The third kappa shape index (κ3) is 3.00. The van der Waals surface area contributed by atoms with Crippen LogP contribution in [0.25, 0.3) is 0 Å². The van der Waals surface area contributed by atoms with Crippen LogP contribution in [-0.2, 0) is 4.79 Å². The van der Waals surface area contributed by atoms with E-state index in [1.54, 1.807) is 18.1 Å². The van der Waals surface area contributed by atoms with Gasteiger partial charge in [-0.2, -0.15) is 4.98 Å². The van der Waals surface area contributed by atoms with Gasteiger partial charge in [-0.25, -0.2) is 4.98 Å². The van der Waals surface area contributed by atoms with Crippen molar-refractivity contribution in [1.29, 1.82) is 0 Å². The summed E-state index contributed by atoms with van der Waals surface area (Å²) in [6.07, 6.45) is 6.02. The minimum atomic E-state index is 0.0396. The predicted octanol–water partition coefficient (Wildman–Crippen LogP) is 2.20. The summed E-state index contributed by atoms with van der Waals surface area (Å²) in [7, 11) is 1.77. The van der Waals surface area contributed by atoms with E-state index in [1.165, 1.54) is 11.3 Å². The fourth-order valence-electron chi connectivity index (χ4n) is 2.95. The number of nitrogens with zero attached hydrogens (tertiary/aromatic N) is 5. The minimum absolute atomic E-state index is 0.0396. The van der Waals surface area contributed by atoms with E-state index < -0.39 is 0 Å². The number of amides is 1. The molecule has 7 nitrogen and oxygen atoms in total. The highest BCUT2D eigenvalue weighted by atomic mass is 32.1. The predicted molar refractivity (Wildman–Crippen MR) is 85.3 cm³/mol. The normalized spacial score (nSPS) is 21.7. The molecule has 1 amide bonds. The van der Waals surface area contributed by atoms with Gasteiger partial charge in [0.05, 0.1) is 12.6 Å². The number of likely N-dealkylation sites (tertiary alicyclic amines) is 1. The first kappa shape index (κ1) is 14.8. The Kier molecular flexibility index (Phi) is 3.86. The van der Waals surface area contributed by atoms with E-state index in [4.69, 9.17) is 4.52 Å². The smallest absolute Gasteiger partial charge is 0.242 e. The van der Waals surface area contributed by atoms with Crippen LogP contribution < -0.4 is 4.90 Å². The number of aromatic nitrogens is 3. The Morgan fingerprint density at radius 2 is 2.35 bits per heavy atom. The maximum absolute atomic E-state index is 12.5. The van der Waals surface area contributed by atoms with Crippen LogP contribution in [0.3, 0.4) is 0 Å². The molecule has 1 atom stereocenters. The molecular weight excluding hydrogens is 314 g/mol. The summed E-state index contributed by atoms with van der Waals surface area (Å²) < 4.78 is 5.37. The molecule has 0 bridgehead atoms. The zero-order valence-electron chi connectivity index (χ0n) is 13.0. The maximum Gasteiger partial charge on any atom is 0.242 e. The summed E-state index contributed by atoms with van der Waals surface area (Å²) in [5.41, 5.74) is 0. The lowest BCUT2D eigenvalue weighted by Gasteiger charge is -2.23. The Morgan fingerprint density at radius 1 is 1.48 bits per heavy atom. The minimum Gasteiger partial charge on any atom is -0.339 e. The van der Waals surface area contributed by atoms with Crippen LogP contribution in [-0.4, -0.2) is 46.1 Å². The molecule has 0 N–H and O–H groups in total. The van der Waals surface area contributed by atoms with Crippen LogP contribution in [0, 0.1) is 0 Å². The Hall–Kier alpha value is -1.80. The average Bonchev–Trinajstić information content (AvgIpc) is 3.02. The van der Waals surface area contributed by atoms with Crippen molar-refractivity contribution in [1.82, 2.24) is 20.0 Å². The quantitative estimate of drug-likeness (QED) is 0.835. The Balaban J connectivity index is 1.43. The fourth-order valence-corrected chi connectivity index (χ4v) is 3.58. The lowest BCUT2D eigenvalue weighted by Crippen LogP contribution is -2.38. The van der Waals surface area contributed by atoms with Crippen molar-refractivity contribution in [2.45, 2.75) is 37.6 Å². The summed E-state index contributed by atoms with van der Waals surface area (Å²) in [5.74, 6) is 1.99. The van der Waals surface area contributed by atoms with Gasteiger partial charge in [0.25, 0.3) is 0 Å². The van der Waals surface area contributed by atoms with Gasteiger partial charge >= 0.3 is 0 Å². The van der Waals surface area contributed by atoms with Gasteiger partial charge in [-0.05, 0) is 32.2 Å². The number of likely N-dealkylation sites (N-methyl/N-ethyl adjacent to an activating group) is 1. The van der Waals surface area contributed by atoms with Crippen LogP contribution in [0.15, 0.2) is 16.1 Å². The Labute approximate surface area is 138 Å². The topological polar surface area (TPSA) is 75.4 Å². The van der Waals surface area contributed by atoms with E-state index in [1.807, 2.05) is 5.38 Å². The zero-order valence-corrected chi connectivity index (χ0v) is 13.8. The number of carbonyl (C=O) groups excluding carboxylic acids is 1. The van der Waals surface area contributed by atoms with Crippen molar-refractivity contribution in [2.75, 3.05) is 25.0 Å². The second-order valence-corrected chi connectivity index (χ2v) is 7.03. The molecule has 1 saturated heterocycles. The number of hydrogen-bond acceptors (Lipinski definition) is 7. The molecule has 0 radical (unpaired) electrons. The molecule has 1 saturated carbocycles. The highest BCUT2D eigenvalue weighted by Gasteiger charge is 2.35. The number of thiazole rings is 1. The van der Waals surface area contributed by atoms with Gasteiger partial charge in [0, 0.05) is 24.5 Å². The van der Waals surface area contributed by atoms with E-state index >= 15 is 0 Å². The highest BCUT2D eigenvalue weighted by Crippen LogP contribution is 2.40. The van der Waals surface area contributed by atoms with Gasteiger partial charge < -0.3 is 4.52 Å². The molecule has 8 heteroatoms. The van der Waals surface area contributed by atoms with Gasteiger partial charge in [0.2, 0.25) is 11.8 Å².